The van der Waals surface area contributed by atoms with Crippen molar-refractivity contribution >= 4 is 34.6 Å². The van der Waals surface area contributed by atoms with Crippen molar-refractivity contribution in [2.45, 2.75) is 129 Å². The second-order valence-electron chi connectivity index (χ2n) is 16.6. The van der Waals surface area contributed by atoms with Gasteiger partial charge < -0.3 is 30.1 Å². The molecule has 10 atom stereocenters. The lowest BCUT2D eigenvalue weighted by molar-refractivity contribution is -0.237. The molecule has 1 aromatic carbocycles. The predicted molar refractivity (Wildman–Crippen MR) is 202 cm³/mol. The van der Waals surface area contributed by atoms with Gasteiger partial charge in [0.2, 0.25) is 5.12 Å². The summed E-state index contributed by atoms with van der Waals surface area (Å²) in [6, 6.07) is 3.72. The monoisotopic (exact) mass is 795 g/mol. The van der Waals surface area contributed by atoms with E-state index in [1.807, 2.05) is 20.8 Å². The molecule has 0 saturated heterocycles. The number of aliphatic hydroxyl groups is 2. The third kappa shape index (κ3) is 8.02. The Balaban J connectivity index is 0.000000332. The van der Waals surface area contributed by atoms with Gasteiger partial charge in [0, 0.05) is 53.2 Å². The highest BCUT2D eigenvalue weighted by Gasteiger charge is 2.79. The van der Waals surface area contributed by atoms with Crippen LogP contribution in [0.1, 0.15) is 105 Å². The zero-order valence-electron chi connectivity index (χ0n) is 32.9. The highest BCUT2D eigenvalue weighted by atomic mass is 32.2. The summed E-state index contributed by atoms with van der Waals surface area (Å²) in [6.45, 7) is 14.3. The average molecular weight is 796 g/mol. The molecule has 1 unspecified atom stereocenters. The maximum absolute atomic E-state index is 18.0. The molecule has 1 aromatic rings. The Morgan fingerprint density at radius 1 is 1.09 bits per heavy atom. The van der Waals surface area contributed by atoms with Crippen LogP contribution in [0.4, 0.5) is 13.2 Å². The number of thioether (sulfide) groups is 1. The predicted octanol–water partition coefficient (Wildman–Crippen LogP) is 6.70. The van der Waals surface area contributed by atoms with Crippen molar-refractivity contribution in [1.29, 1.82) is 0 Å². The van der Waals surface area contributed by atoms with Crippen LogP contribution in [0, 0.1) is 28.6 Å². The van der Waals surface area contributed by atoms with Gasteiger partial charge in [0.1, 0.15) is 24.0 Å². The van der Waals surface area contributed by atoms with E-state index in [1.165, 1.54) is 25.1 Å². The molecule has 14 heteroatoms. The number of esters is 2. The Hall–Kier alpha value is -3.20. The molecule has 306 valence electrons. The zero-order chi connectivity index (χ0) is 41.3. The fourth-order valence-electron chi connectivity index (χ4n) is 9.42. The second-order valence-corrected chi connectivity index (χ2v) is 17.5. The number of rotatable bonds is 10. The molecule has 0 amide bonds. The molecular weight excluding hydrogens is 740 g/mol. The van der Waals surface area contributed by atoms with Gasteiger partial charge in [0.05, 0.1) is 12.7 Å². The Morgan fingerprint density at radius 2 is 1.75 bits per heavy atom. The summed E-state index contributed by atoms with van der Waals surface area (Å²) in [5.74, 6) is -4.06. The van der Waals surface area contributed by atoms with Gasteiger partial charge >= 0.3 is 11.9 Å². The van der Waals surface area contributed by atoms with Crippen LogP contribution in [0.5, 0.6) is 5.75 Å². The number of β-amino-alcohol motifs (C(OH)–C–C–N with tert-alkyl or cyclic N) is 1. The van der Waals surface area contributed by atoms with Crippen molar-refractivity contribution in [3.8, 4) is 5.75 Å². The second kappa shape index (κ2) is 16.7. The average Bonchev–Trinajstić information content (AvgIpc) is 3.34. The fraction of sp³-hybridized carbons (Fsp3) is 0.659. The number of ketones is 1. The molecule has 3 saturated carbocycles. The van der Waals surface area contributed by atoms with Crippen LogP contribution < -0.4 is 5.32 Å². The Bertz CT molecular complexity index is 1700. The Labute approximate surface area is 325 Å². The van der Waals surface area contributed by atoms with Crippen LogP contribution in [0.15, 0.2) is 42.0 Å². The van der Waals surface area contributed by atoms with Gasteiger partial charge in [0.25, 0.3) is 0 Å². The molecule has 0 aromatic heterocycles. The number of ether oxygens (including phenoxy) is 2. The highest BCUT2D eigenvalue weighted by Crippen LogP contribution is 2.72. The maximum Gasteiger partial charge on any atom is 0.306 e. The summed E-state index contributed by atoms with van der Waals surface area (Å²) < 4.78 is 58.9. The lowest BCUT2D eigenvalue weighted by Gasteiger charge is -2.63. The Kier molecular flexibility index (Phi) is 13.5. The standard InChI is InChI=1S/C28H35F3O6S.C13H21NO3/c1-6-22(33)36-21-13-26(5)17(10-15(3)28(26,24(35)38-14-29)37-23(34)7-2)18-12-20(30)19-11-16(32)8-9-25(19,4)27(18,21)31;1-13(2,3)14-7-12(17)9-4-5-11(16)10(6-9)8-15/h8-9,11,15,17-18,20-21H,6-7,10,12-14H2,1-5H3;4-6,12,14-17H,7-8H2,1-3H3/t15-,17+,18+,20+,21+,25+,26+,27+,28+;/m1./s1. The van der Waals surface area contributed by atoms with Gasteiger partial charge in [-0.25, -0.2) is 13.2 Å². The number of aromatic hydroxyl groups is 1. The molecule has 4 N–H and O–H groups in total. The molecular formula is C41H56F3NO9S. The zero-order valence-corrected chi connectivity index (χ0v) is 33.7. The lowest BCUT2D eigenvalue weighted by atomic mass is 9.44. The van der Waals surface area contributed by atoms with E-state index in [1.54, 1.807) is 39.8 Å². The minimum Gasteiger partial charge on any atom is -0.508 e. The lowest BCUT2D eigenvalue weighted by Crippen LogP contribution is -2.71. The molecule has 5 rings (SSSR count). The summed E-state index contributed by atoms with van der Waals surface area (Å²) in [4.78, 5) is 51.0. The van der Waals surface area contributed by atoms with E-state index >= 15 is 8.78 Å². The number of fused-ring (bicyclic) bond motifs is 5. The topological polar surface area (TPSA) is 159 Å². The summed E-state index contributed by atoms with van der Waals surface area (Å²) in [5.41, 5.74) is -5.94. The Morgan fingerprint density at radius 3 is 2.33 bits per heavy atom. The SMILES string of the molecule is CC(C)(C)NCC(O)c1ccc(O)c(CO)c1.CCC(=O)O[C@H]1C[C@@]2(C)[C@@H](C[C@@H](C)[C@]2(OC(=O)CC)C(=O)SCF)[C@@H]2C[C@H](F)C3=CC(=O)C=C[C@]3(C)[C@@]12F. The summed E-state index contributed by atoms with van der Waals surface area (Å²) in [7, 11) is 0. The van der Waals surface area contributed by atoms with Gasteiger partial charge in [-0.3, -0.25) is 19.2 Å². The normalized spacial score (nSPS) is 34.2. The highest BCUT2D eigenvalue weighted by molar-refractivity contribution is 8.13. The number of nitrogens with one attached hydrogen (secondary N) is 1. The molecule has 10 nitrogen and oxygen atoms in total. The molecule has 0 spiro atoms. The minimum atomic E-state index is -2.31. The van der Waals surface area contributed by atoms with Crippen LogP contribution in [0.25, 0.3) is 0 Å². The van der Waals surface area contributed by atoms with Crippen LogP contribution in [-0.4, -0.2) is 79.8 Å². The molecule has 55 heavy (non-hydrogen) atoms. The quantitative estimate of drug-likeness (QED) is 0.187. The van der Waals surface area contributed by atoms with Crippen LogP contribution in [0.2, 0.25) is 0 Å². The van der Waals surface area contributed by atoms with E-state index < -0.39 is 87.1 Å². The van der Waals surface area contributed by atoms with Gasteiger partial charge in [-0.1, -0.05) is 39.8 Å². The van der Waals surface area contributed by atoms with Gasteiger partial charge in [-0.05, 0) is 100 Å². The van der Waals surface area contributed by atoms with Gasteiger partial charge in [-0.15, -0.1) is 0 Å². The maximum atomic E-state index is 18.0. The number of aliphatic hydroxyl groups excluding tert-OH is 2. The first kappa shape index (κ1) is 44.5. The van der Waals surface area contributed by atoms with E-state index in [-0.39, 0.29) is 55.6 Å². The van der Waals surface area contributed by atoms with E-state index in [9.17, 15) is 33.8 Å². The minimum absolute atomic E-state index is 0.00341. The van der Waals surface area contributed by atoms with E-state index in [2.05, 4.69) is 5.32 Å². The molecule has 0 bridgehead atoms. The molecule has 0 radical (unpaired) electrons. The van der Waals surface area contributed by atoms with Crippen molar-refractivity contribution in [3.05, 3.63) is 53.1 Å². The van der Waals surface area contributed by atoms with Crippen molar-refractivity contribution in [2.75, 3.05) is 12.6 Å². The van der Waals surface area contributed by atoms with Crippen LogP contribution in [0.3, 0.4) is 0 Å². The first-order valence-corrected chi connectivity index (χ1v) is 19.9. The molecule has 4 aliphatic rings. The van der Waals surface area contributed by atoms with Crippen molar-refractivity contribution in [1.82, 2.24) is 5.32 Å². The number of halogens is 3. The first-order chi connectivity index (χ1) is 25.6. The molecule has 3 fully saturated rings. The number of alkyl halides is 3. The van der Waals surface area contributed by atoms with Crippen LogP contribution in [-0.2, 0) is 35.3 Å². The number of hydrogen-bond acceptors (Lipinski definition) is 11. The summed E-state index contributed by atoms with van der Waals surface area (Å²) >= 11 is 0.388. The number of carbonyl (C=O) groups excluding carboxylic acids is 4. The molecule has 0 aliphatic heterocycles. The van der Waals surface area contributed by atoms with Gasteiger partial charge in [-0.2, -0.15) is 0 Å². The van der Waals surface area contributed by atoms with Gasteiger partial charge in [0.15, 0.2) is 17.1 Å². The third-order valence-corrected chi connectivity index (χ3v) is 12.9. The third-order valence-electron chi connectivity index (χ3n) is 12.2. The molecule has 0 heterocycles. The smallest absolute Gasteiger partial charge is 0.306 e. The van der Waals surface area contributed by atoms with E-state index in [0.29, 0.717) is 29.4 Å². The summed E-state index contributed by atoms with van der Waals surface area (Å²) in [6.07, 6.45) is -0.385. The van der Waals surface area contributed by atoms with Crippen LogP contribution >= 0.6 is 11.8 Å². The largest absolute Gasteiger partial charge is 0.508 e. The van der Waals surface area contributed by atoms with Crippen molar-refractivity contribution in [2.24, 2.45) is 28.6 Å². The van der Waals surface area contributed by atoms with E-state index in [0.717, 1.165) is 6.08 Å². The number of carbonyl (C=O) groups is 4. The van der Waals surface area contributed by atoms with Crippen molar-refractivity contribution < 1.29 is 57.1 Å². The number of allylic oxidation sites excluding steroid dienone is 4. The number of benzene rings is 1. The fourth-order valence-corrected chi connectivity index (χ4v) is 10.2. The number of phenols is 1. The summed E-state index contributed by atoms with van der Waals surface area (Å²) in [5, 5.41) is 30.9. The number of hydrogen-bond donors (Lipinski definition) is 4. The van der Waals surface area contributed by atoms with E-state index in [4.69, 9.17) is 14.6 Å². The first-order valence-electron chi connectivity index (χ1n) is 18.9. The van der Waals surface area contributed by atoms with Crippen molar-refractivity contribution in [3.63, 3.8) is 0 Å². The molecule has 4 aliphatic carbocycles.